The SMILES string of the molecule is O=C(O)C1CCN(S(=O)(=O)Cc2ccc(Cl)cc2Cl)CC1. The summed E-state index contributed by atoms with van der Waals surface area (Å²) in [6.07, 6.45) is 0.672. The average molecular weight is 352 g/mol. The topological polar surface area (TPSA) is 74.7 Å². The fraction of sp³-hybridized carbons (Fsp3) is 0.462. The maximum atomic E-state index is 12.4. The van der Waals surface area contributed by atoms with Gasteiger partial charge in [0.15, 0.2) is 0 Å². The van der Waals surface area contributed by atoms with E-state index in [-0.39, 0.29) is 18.8 Å². The first kappa shape index (κ1) is 16.5. The molecule has 0 spiro atoms. The van der Waals surface area contributed by atoms with Crippen molar-refractivity contribution in [3.8, 4) is 0 Å². The highest BCUT2D eigenvalue weighted by atomic mass is 35.5. The molecule has 1 aromatic rings. The Hall–Kier alpha value is -0.820. The molecule has 1 fully saturated rings. The summed E-state index contributed by atoms with van der Waals surface area (Å²) < 4.78 is 26.0. The monoisotopic (exact) mass is 351 g/mol. The van der Waals surface area contributed by atoms with Gasteiger partial charge in [-0.2, -0.15) is 0 Å². The highest BCUT2D eigenvalue weighted by Gasteiger charge is 2.31. The second-order valence-corrected chi connectivity index (χ2v) is 7.82. The van der Waals surface area contributed by atoms with Crippen molar-refractivity contribution in [2.24, 2.45) is 5.92 Å². The number of carbonyl (C=O) groups is 1. The van der Waals surface area contributed by atoms with Gasteiger partial charge in [0, 0.05) is 23.1 Å². The lowest BCUT2D eigenvalue weighted by Gasteiger charge is -2.29. The van der Waals surface area contributed by atoms with E-state index in [0.717, 1.165) is 0 Å². The molecule has 0 saturated carbocycles. The van der Waals surface area contributed by atoms with Gasteiger partial charge < -0.3 is 5.11 Å². The fourth-order valence-corrected chi connectivity index (χ4v) is 4.46. The molecular weight excluding hydrogens is 337 g/mol. The lowest BCUT2D eigenvalue weighted by Crippen LogP contribution is -2.40. The number of sulfonamides is 1. The predicted molar refractivity (Wildman–Crippen MR) is 81.0 cm³/mol. The molecule has 0 bridgehead atoms. The van der Waals surface area contributed by atoms with Gasteiger partial charge in [0.2, 0.25) is 10.0 Å². The molecule has 1 heterocycles. The molecule has 0 amide bonds. The minimum absolute atomic E-state index is 0.208. The van der Waals surface area contributed by atoms with Gasteiger partial charge in [0.1, 0.15) is 0 Å². The first-order valence-corrected chi connectivity index (χ1v) is 8.80. The zero-order chi connectivity index (χ0) is 15.6. The summed E-state index contributed by atoms with van der Waals surface area (Å²) in [5.74, 6) is -1.54. The van der Waals surface area contributed by atoms with E-state index < -0.39 is 21.9 Å². The van der Waals surface area contributed by atoms with E-state index in [0.29, 0.717) is 28.5 Å². The maximum Gasteiger partial charge on any atom is 0.306 e. The van der Waals surface area contributed by atoms with Crippen LogP contribution in [0.15, 0.2) is 18.2 Å². The van der Waals surface area contributed by atoms with Crippen molar-refractivity contribution >= 4 is 39.2 Å². The van der Waals surface area contributed by atoms with E-state index in [1.165, 1.54) is 10.4 Å². The van der Waals surface area contributed by atoms with Gasteiger partial charge in [-0.05, 0) is 30.5 Å². The summed E-state index contributed by atoms with van der Waals surface area (Å²) in [5, 5.41) is 9.69. The molecule has 0 aliphatic carbocycles. The zero-order valence-electron chi connectivity index (χ0n) is 11.1. The summed E-state index contributed by atoms with van der Waals surface area (Å²) in [5.41, 5.74) is 0.487. The number of rotatable bonds is 4. The van der Waals surface area contributed by atoms with Crippen molar-refractivity contribution in [3.05, 3.63) is 33.8 Å². The molecule has 21 heavy (non-hydrogen) atoms. The number of carboxylic acid groups (broad SMARTS) is 1. The van der Waals surface area contributed by atoms with Crippen LogP contribution in [0.1, 0.15) is 18.4 Å². The Kier molecular flexibility index (Phi) is 5.14. The molecule has 0 radical (unpaired) electrons. The smallest absolute Gasteiger partial charge is 0.306 e. The van der Waals surface area contributed by atoms with Crippen LogP contribution >= 0.6 is 23.2 Å². The van der Waals surface area contributed by atoms with E-state index in [4.69, 9.17) is 28.3 Å². The van der Waals surface area contributed by atoms with Crippen LogP contribution in [0, 0.1) is 5.92 Å². The maximum absolute atomic E-state index is 12.4. The van der Waals surface area contributed by atoms with Crippen molar-refractivity contribution in [1.29, 1.82) is 0 Å². The quantitative estimate of drug-likeness (QED) is 0.904. The standard InChI is InChI=1S/C13H15Cl2NO4S/c14-11-2-1-10(12(15)7-11)8-21(19,20)16-5-3-9(4-6-16)13(17)18/h1-2,7,9H,3-6,8H2,(H,17,18). The number of piperidine rings is 1. The van der Waals surface area contributed by atoms with Crippen LogP contribution in [0.3, 0.4) is 0 Å². The summed E-state index contributed by atoms with van der Waals surface area (Å²) in [4.78, 5) is 10.9. The lowest BCUT2D eigenvalue weighted by atomic mass is 9.99. The highest BCUT2D eigenvalue weighted by Crippen LogP contribution is 2.26. The largest absolute Gasteiger partial charge is 0.481 e. The van der Waals surface area contributed by atoms with Gasteiger partial charge in [-0.1, -0.05) is 29.3 Å². The molecule has 0 atom stereocenters. The summed E-state index contributed by atoms with van der Waals surface area (Å²) >= 11 is 11.8. The average Bonchev–Trinajstić information content (AvgIpc) is 2.42. The normalized spacial score (nSPS) is 17.8. The van der Waals surface area contributed by atoms with E-state index >= 15 is 0 Å². The summed E-state index contributed by atoms with van der Waals surface area (Å²) in [7, 11) is -3.51. The van der Waals surface area contributed by atoms with Crippen LogP contribution in [0.4, 0.5) is 0 Å². The predicted octanol–water partition coefficient (Wildman–Crippen LogP) is 2.62. The van der Waals surface area contributed by atoms with E-state index in [2.05, 4.69) is 0 Å². The Morgan fingerprint density at radius 2 is 1.90 bits per heavy atom. The molecule has 5 nitrogen and oxygen atoms in total. The van der Waals surface area contributed by atoms with Crippen LogP contribution < -0.4 is 0 Å². The third-order valence-corrected chi connectivity index (χ3v) is 5.96. The van der Waals surface area contributed by atoms with Crippen molar-refractivity contribution in [3.63, 3.8) is 0 Å². The van der Waals surface area contributed by atoms with Gasteiger partial charge >= 0.3 is 5.97 Å². The second-order valence-electron chi connectivity index (χ2n) is 5.00. The molecule has 0 aromatic heterocycles. The minimum atomic E-state index is -3.51. The number of hydrogen-bond acceptors (Lipinski definition) is 3. The van der Waals surface area contributed by atoms with Gasteiger partial charge in [0.25, 0.3) is 0 Å². The molecule has 8 heteroatoms. The van der Waals surface area contributed by atoms with Gasteiger partial charge in [-0.3, -0.25) is 4.79 Å². The molecule has 1 saturated heterocycles. The number of benzene rings is 1. The van der Waals surface area contributed by atoms with Gasteiger partial charge in [-0.25, -0.2) is 12.7 Å². The molecule has 2 rings (SSSR count). The van der Waals surface area contributed by atoms with Crippen LogP contribution in [0.25, 0.3) is 0 Å². The van der Waals surface area contributed by atoms with Crippen LogP contribution in [-0.2, 0) is 20.6 Å². The van der Waals surface area contributed by atoms with Crippen molar-refractivity contribution in [2.75, 3.05) is 13.1 Å². The highest BCUT2D eigenvalue weighted by molar-refractivity contribution is 7.88. The number of hydrogen-bond donors (Lipinski definition) is 1. The summed E-state index contributed by atoms with van der Waals surface area (Å²) in [6.45, 7) is 0.453. The van der Waals surface area contributed by atoms with Crippen LogP contribution in [-0.4, -0.2) is 36.9 Å². The van der Waals surface area contributed by atoms with Crippen molar-refractivity contribution < 1.29 is 18.3 Å². The molecule has 116 valence electrons. The minimum Gasteiger partial charge on any atom is -0.481 e. The molecule has 0 unspecified atom stereocenters. The Labute approximate surface area is 133 Å². The number of carboxylic acids is 1. The lowest BCUT2D eigenvalue weighted by molar-refractivity contribution is -0.142. The molecule has 1 N–H and O–H groups in total. The Morgan fingerprint density at radius 3 is 2.43 bits per heavy atom. The van der Waals surface area contributed by atoms with Gasteiger partial charge in [-0.15, -0.1) is 0 Å². The number of nitrogens with zero attached hydrogens (tertiary/aromatic N) is 1. The zero-order valence-corrected chi connectivity index (χ0v) is 13.5. The first-order chi connectivity index (χ1) is 9.79. The van der Waals surface area contributed by atoms with E-state index in [1.807, 2.05) is 0 Å². The molecule has 1 aromatic carbocycles. The van der Waals surface area contributed by atoms with Crippen LogP contribution in [0.5, 0.6) is 0 Å². The molecule has 1 aliphatic heterocycles. The Bertz CT molecular complexity index is 640. The Balaban J connectivity index is 2.07. The number of aliphatic carboxylic acids is 1. The van der Waals surface area contributed by atoms with E-state index in [9.17, 15) is 13.2 Å². The third kappa shape index (κ3) is 4.10. The first-order valence-electron chi connectivity index (χ1n) is 6.44. The van der Waals surface area contributed by atoms with Crippen molar-refractivity contribution in [2.45, 2.75) is 18.6 Å². The van der Waals surface area contributed by atoms with Crippen molar-refractivity contribution in [1.82, 2.24) is 4.31 Å². The number of halogens is 2. The van der Waals surface area contributed by atoms with E-state index in [1.54, 1.807) is 12.1 Å². The molecule has 1 aliphatic rings. The molecular formula is C13H15Cl2NO4S. The second kappa shape index (κ2) is 6.52. The fourth-order valence-electron chi connectivity index (χ4n) is 2.31. The summed E-state index contributed by atoms with van der Waals surface area (Å²) in [6, 6.07) is 4.69. The van der Waals surface area contributed by atoms with Gasteiger partial charge in [0.05, 0.1) is 11.7 Å². The Morgan fingerprint density at radius 1 is 1.29 bits per heavy atom. The third-order valence-electron chi connectivity index (χ3n) is 3.55. The van der Waals surface area contributed by atoms with Crippen LogP contribution in [0.2, 0.25) is 10.0 Å².